The van der Waals surface area contributed by atoms with E-state index >= 15 is 0 Å². The van der Waals surface area contributed by atoms with E-state index in [1.165, 1.54) is 0 Å². The van der Waals surface area contributed by atoms with E-state index in [0.29, 0.717) is 6.42 Å². The van der Waals surface area contributed by atoms with Crippen LogP contribution in [0.2, 0.25) is 0 Å². The van der Waals surface area contributed by atoms with Gasteiger partial charge in [0, 0.05) is 19.2 Å². The quantitative estimate of drug-likeness (QED) is 0.762. The number of aliphatic carboxylic acids is 1. The number of hydrogen-bond acceptors (Lipinski definition) is 5. The Bertz CT molecular complexity index is 431. The highest BCUT2D eigenvalue weighted by atomic mass is 32.2. The molecule has 1 rings (SSSR count). The van der Waals surface area contributed by atoms with Crippen LogP contribution in [0.4, 0.5) is 0 Å². The van der Waals surface area contributed by atoms with E-state index in [9.17, 15) is 13.2 Å². The molecule has 2 unspecified atom stereocenters. The Morgan fingerprint density at radius 2 is 2.11 bits per heavy atom. The van der Waals surface area contributed by atoms with Crippen molar-refractivity contribution in [3.8, 4) is 0 Å². The minimum atomic E-state index is -3.04. The van der Waals surface area contributed by atoms with Crippen LogP contribution in [0.3, 0.4) is 0 Å². The average molecular weight is 293 g/mol. The van der Waals surface area contributed by atoms with Gasteiger partial charge in [0.1, 0.15) is 0 Å². The lowest BCUT2D eigenvalue weighted by atomic mass is 9.96. The lowest BCUT2D eigenvalue weighted by molar-refractivity contribution is -0.141. The summed E-state index contributed by atoms with van der Waals surface area (Å²) >= 11 is 0. The third-order valence-electron chi connectivity index (χ3n) is 4.02. The van der Waals surface area contributed by atoms with Crippen molar-refractivity contribution in [3.63, 3.8) is 0 Å². The van der Waals surface area contributed by atoms with Crippen molar-refractivity contribution < 1.29 is 23.1 Å². The zero-order chi connectivity index (χ0) is 14.8. The third-order valence-corrected chi connectivity index (χ3v) is 5.78. The Hall–Kier alpha value is -0.660. The van der Waals surface area contributed by atoms with E-state index in [0.717, 1.165) is 0 Å². The minimum Gasteiger partial charge on any atom is -0.480 e. The zero-order valence-corrected chi connectivity index (χ0v) is 12.7. The molecule has 1 aliphatic heterocycles. The lowest BCUT2D eigenvalue weighted by Gasteiger charge is -2.41. The summed E-state index contributed by atoms with van der Waals surface area (Å²) < 4.78 is 28.5. The molecule has 0 aromatic heterocycles. The first-order valence-electron chi connectivity index (χ1n) is 6.32. The Labute approximate surface area is 114 Å². The van der Waals surface area contributed by atoms with Crippen LogP contribution in [0.5, 0.6) is 0 Å². The Balaban J connectivity index is 2.93. The van der Waals surface area contributed by atoms with Gasteiger partial charge in [0.25, 0.3) is 0 Å². The van der Waals surface area contributed by atoms with Crippen LogP contribution in [0.25, 0.3) is 0 Å². The molecule has 7 heteroatoms. The number of methoxy groups -OCH3 is 1. The highest BCUT2D eigenvalue weighted by Crippen LogP contribution is 2.26. The standard InChI is InChI=1S/C12H23NO5S/c1-9(12(2,3)18-4)13(7-11(14)15)10-5-6-19(16,17)8-10/h9-10H,5-8H2,1-4H3,(H,14,15). The summed E-state index contributed by atoms with van der Waals surface area (Å²) in [6.45, 7) is 5.44. The normalized spacial score (nSPS) is 24.6. The van der Waals surface area contributed by atoms with Gasteiger partial charge in [-0.25, -0.2) is 8.42 Å². The summed E-state index contributed by atoms with van der Waals surface area (Å²) in [5.74, 6) is -0.790. The monoisotopic (exact) mass is 293 g/mol. The summed E-state index contributed by atoms with van der Waals surface area (Å²) in [4.78, 5) is 12.7. The van der Waals surface area contributed by atoms with E-state index in [4.69, 9.17) is 9.84 Å². The molecule has 0 amide bonds. The second-order valence-corrected chi connectivity index (χ2v) is 7.84. The molecule has 0 bridgehead atoms. The Morgan fingerprint density at radius 1 is 1.53 bits per heavy atom. The van der Waals surface area contributed by atoms with E-state index in [2.05, 4.69) is 0 Å². The fourth-order valence-electron chi connectivity index (χ4n) is 2.35. The molecule has 1 fully saturated rings. The number of sulfone groups is 1. The van der Waals surface area contributed by atoms with Crippen molar-refractivity contribution in [2.45, 2.75) is 44.9 Å². The molecule has 1 N–H and O–H groups in total. The molecule has 0 spiro atoms. The molecular formula is C12H23NO5S. The molecule has 1 aliphatic rings. The van der Waals surface area contributed by atoms with Crippen molar-refractivity contribution in [1.82, 2.24) is 4.90 Å². The molecule has 6 nitrogen and oxygen atoms in total. The highest BCUT2D eigenvalue weighted by molar-refractivity contribution is 7.91. The first kappa shape index (κ1) is 16.4. The number of carboxylic acids is 1. The largest absolute Gasteiger partial charge is 0.480 e. The first-order chi connectivity index (χ1) is 8.59. The Morgan fingerprint density at radius 3 is 2.47 bits per heavy atom. The molecule has 2 atom stereocenters. The molecule has 0 aliphatic carbocycles. The van der Waals surface area contributed by atoms with Crippen molar-refractivity contribution in [3.05, 3.63) is 0 Å². The molecule has 1 heterocycles. The number of carbonyl (C=O) groups is 1. The fourth-order valence-corrected chi connectivity index (χ4v) is 4.09. The van der Waals surface area contributed by atoms with E-state index < -0.39 is 21.4 Å². The maximum atomic E-state index is 11.6. The average Bonchev–Trinajstić information content (AvgIpc) is 2.65. The predicted molar refractivity (Wildman–Crippen MR) is 72.0 cm³/mol. The van der Waals surface area contributed by atoms with Gasteiger partial charge in [-0.05, 0) is 27.2 Å². The van der Waals surface area contributed by atoms with Crippen molar-refractivity contribution in [2.75, 3.05) is 25.2 Å². The van der Waals surface area contributed by atoms with Crippen molar-refractivity contribution >= 4 is 15.8 Å². The molecule has 0 saturated carbocycles. The second kappa shape index (κ2) is 5.76. The van der Waals surface area contributed by atoms with Gasteiger partial charge >= 0.3 is 5.97 Å². The predicted octanol–water partition coefficient (Wildman–Crippen LogP) is 0.374. The van der Waals surface area contributed by atoms with Gasteiger partial charge in [-0.1, -0.05) is 0 Å². The first-order valence-corrected chi connectivity index (χ1v) is 8.14. The molecule has 1 saturated heterocycles. The summed E-state index contributed by atoms with van der Waals surface area (Å²) in [7, 11) is -1.47. The van der Waals surface area contributed by atoms with E-state index in [1.54, 1.807) is 12.0 Å². The van der Waals surface area contributed by atoms with Gasteiger partial charge in [-0.15, -0.1) is 0 Å². The maximum absolute atomic E-state index is 11.6. The van der Waals surface area contributed by atoms with E-state index in [1.807, 2.05) is 20.8 Å². The zero-order valence-electron chi connectivity index (χ0n) is 11.9. The summed E-state index contributed by atoms with van der Waals surface area (Å²) in [5, 5.41) is 9.03. The van der Waals surface area contributed by atoms with Crippen LogP contribution in [0.1, 0.15) is 27.2 Å². The highest BCUT2D eigenvalue weighted by Gasteiger charge is 2.40. The summed E-state index contributed by atoms with van der Waals surface area (Å²) in [6, 6.07) is -0.433. The number of carboxylic acid groups (broad SMARTS) is 1. The molecule has 0 aromatic rings. The number of hydrogen-bond donors (Lipinski definition) is 1. The molecule has 0 aromatic carbocycles. The molecule has 0 radical (unpaired) electrons. The number of rotatable bonds is 6. The van der Waals surface area contributed by atoms with Gasteiger partial charge in [0.05, 0.1) is 23.7 Å². The van der Waals surface area contributed by atoms with E-state index in [-0.39, 0.29) is 30.1 Å². The van der Waals surface area contributed by atoms with Gasteiger partial charge in [0.15, 0.2) is 9.84 Å². The van der Waals surface area contributed by atoms with Crippen LogP contribution >= 0.6 is 0 Å². The molecule has 19 heavy (non-hydrogen) atoms. The van der Waals surface area contributed by atoms with Gasteiger partial charge in [-0.2, -0.15) is 0 Å². The van der Waals surface area contributed by atoms with Gasteiger partial charge < -0.3 is 9.84 Å². The lowest BCUT2D eigenvalue weighted by Crippen LogP contribution is -2.54. The second-order valence-electron chi connectivity index (χ2n) is 5.61. The SMILES string of the molecule is COC(C)(C)C(C)N(CC(=O)O)C1CCS(=O)(=O)C1. The van der Waals surface area contributed by atoms with Crippen molar-refractivity contribution in [1.29, 1.82) is 0 Å². The smallest absolute Gasteiger partial charge is 0.317 e. The van der Waals surface area contributed by atoms with Crippen LogP contribution in [0.15, 0.2) is 0 Å². The minimum absolute atomic E-state index is 0.0322. The van der Waals surface area contributed by atoms with Crippen LogP contribution in [-0.2, 0) is 19.4 Å². The number of nitrogens with zero attached hydrogens (tertiary/aromatic N) is 1. The summed E-state index contributed by atoms with van der Waals surface area (Å²) in [5.41, 5.74) is -0.540. The van der Waals surface area contributed by atoms with Crippen LogP contribution < -0.4 is 0 Å². The summed E-state index contributed by atoms with van der Waals surface area (Å²) in [6.07, 6.45) is 0.486. The van der Waals surface area contributed by atoms with Gasteiger partial charge in [0.2, 0.25) is 0 Å². The molecular weight excluding hydrogens is 270 g/mol. The third kappa shape index (κ3) is 4.15. The number of ether oxygens (including phenoxy) is 1. The van der Waals surface area contributed by atoms with Crippen LogP contribution in [-0.4, -0.2) is 67.2 Å². The fraction of sp³-hybridized carbons (Fsp3) is 0.917. The van der Waals surface area contributed by atoms with Gasteiger partial charge in [-0.3, -0.25) is 9.69 Å². The van der Waals surface area contributed by atoms with Crippen molar-refractivity contribution in [2.24, 2.45) is 0 Å². The Kier molecular flexibility index (Phi) is 4.97. The molecule has 112 valence electrons. The topological polar surface area (TPSA) is 83.9 Å². The van der Waals surface area contributed by atoms with Crippen LogP contribution in [0, 0.1) is 0 Å². The maximum Gasteiger partial charge on any atom is 0.317 e.